The molecule has 0 bridgehead atoms. The highest BCUT2D eigenvalue weighted by Crippen LogP contribution is 2.14. The van der Waals surface area contributed by atoms with Crippen LogP contribution in [0.5, 0.6) is 0 Å². The van der Waals surface area contributed by atoms with E-state index in [0.29, 0.717) is 19.7 Å². The van der Waals surface area contributed by atoms with Gasteiger partial charge in [-0.2, -0.15) is 0 Å². The van der Waals surface area contributed by atoms with E-state index in [-0.39, 0.29) is 17.0 Å². The number of carbonyl (C=O) groups excluding carboxylic acids is 1. The van der Waals surface area contributed by atoms with E-state index >= 15 is 0 Å². The number of hydrogen-bond acceptors (Lipinski definition) is 4. The van der Waals surface area contributed by atoms with Crippen molar-refractivity contribution in [2.45, 2.75) is 30.4 Å². The second-order valence-electron chi connectivity index (χ2n) is 5.06. The molecule has 1 saturated heterocycles. The minimum absolute atomic E-state index is 0.0363. The third-order valence-electron chi connectivity index (χ3n) is 3.44. The first-order valence-electron chi connectivity index (χ1n) is 7.17. The molecule has 0 saturated carbocycles. The molecule has 1 aliphatic rings. The van der Waals surface area contributed by atoms with Gasteiger partial charge in [0.2, 0.25) is 10.0 Å². The van der Waals surface area contributed by atoms with E-state index in [1.54, 1.807) is 12.1 Å². The van der Waals surface area contributed by atoms with Crippen molar-refractivity contribution in [1.29, 1.82) is 0 Å². The van der Waals surface area contributed by atoms with Gasteiger partial charge in [-0.15, -0.1) is 0 Å². The molecule has 122 valence electrons. The van der Waals surface area contributed by atoms with Crippen LogP contribution >= 0.6 is 0 Å². The first-order chi connectivity index (χ1) is 10.5. The summed E-state index contributed by atoms with van der Waals surface area (Å²) in [5, 5.41) is 5.08. The molecule has 0 aliphatic carbocycles. The van der Waals surface area contributed by atoms with E-state index < -0.39 is 10.0 Å². The van der Waals surface area contributed by atoms with Gasteiger partial charge >= 0.3 is 6.03 Å². The van der Waals surface area contributed by atoms with Gasteiger partial charge in [0.05, 0.1) is 11.0 Å². The van der Waals surface area contributed by atoms with Crippen LogP contribution in [0.3, 0.4) is 0 Å². The predicted molar refractivity (Wildman–Crippen MR) is 81.9 cm³/mol. The van der Waals surface area contributed by atoms with Gasteiger partial charge < -0.3 is 15.4 Å². The average Bonchev–Trinajstić information content (AvgIpc) is 3.04. The smallest absolute Gasteiger partial charge is 0.314 e. The Labute approximate surface area is 130 Å². The lowest BCUT2D eigenvalue weighted by Crippen LogP contribution is -2.32. The average molecular weight is 327 g/mol. The molecular weight excluding hydrogens is 306 g/mol. The number of sulfonamides is 1. The van der Waals surface area contributed by atoms with Crippen LogP contribution in [0, 0.1) is 0 Å². The molecular formula is C14H21N3O4S. The number of benzene rings is 1. The Morgan fingerprint density at radius 1 is 1.32 bits per heavy atom. The Morgan fingerprint density at radius 3 is 2.64 bits per heavy atom. The van der Waals surface area contributed by atoms with Crippen LogP contribution in [0.25, 0.3) is 0 Å². The second-order valence-corrected chi connectivity index (χ2v) is 6.83. The number of hydrogen-bond donors (Lipinski definition) is 3. The summed E-state index contributed by atoms with van der Waals surface area (Å²) in [4.78, 5) is 11.3. The first kappa shape index (κ1) is 16.7. The molecule has 22 heavy (non-hydrogen) atoms. The molecule has 1 heterocycles. The standard InChI is InChI=1S/C14H21N3O4S/c1-15-14(18)16-9-11-4-6-13(7-5-11)22(19,20)17-10-12-3-2-8-21-12/h4-7,12,17H,2-3,8-10H2,1H3,(H2,15,16,18). The van der Waals surface area contributed by atoms with Gasteiger partial charge in [-0.3, -0.25) is 0 Å². The minimum atomic E-state index is -3.53. The highest BCUT2D eigenvalue weighted by Gasteiger charge is 2.20. The summed E-state index contributed by atoms with van der Waals surface area (Å²) in [6.45, 7) is 1.32. The number of ether oxygens (including phenoxy) is 1. The Morgan fingerprint density at radius 2 is 2.05 bits per heavy atom. The van der Waals surface area contributed by atoms with Crippen LogP contribution in [0.15, 0.2) is 29.2 Å². The zero-order valence-electron chi connectivity index (χ0n) is 12.5. The lowest BCUT2D eigenvalue weighted by atomic mass is 10.2. The number of urea groups is 1. The highest BCUT2D eigenvalue weighted by atomic mass is 32.2. The summed E-state index contributed by atoms with van der Waals surface area (Å²) in [7, 11) is -2.00. The maximum Gasteiger partial charge on any atom is 0.314 e. The summed E-state index contributed by atoms with van der Waals surface area (Å²) in [5.41, 5.74) is 0.821. The lowest BCUT2D eigenvalue weighted by molar-refractivity contribution is 0.114. The van der Waals surface area contributed by atoms with Crippen molar-refractivity contribution in [3.8, 4) is 0 Å². The van der Waals surface area contributed by atoms with E-state index in [2.05, 4.69) is 15.4 Å². The third kappa shape index (κ3) is 4.69. The summed E-state index contributed by atoms with van der Waals surface area (Å²) in [5.74, 6) is 0. The van der Waals surface area contributed by atoms with Crippen molar-refractivity contribution in [3.05, 3.63) is 29.8 Å². The SMILES string of the molecule is CNC(=O)NCc1ccc(S(=O)(=O)NCC2CCCO2)cc1. The fourth-order valence-electron chi connectivity index (χ4n) is 2.15. The van der Waals surface area contributed by atoms with Crippen molar-refractivity contribution in [2.75, 3.05) is 20.2 Å². The molecule has 1 atom stereocenters. The van der Waals surface area contributed by atoms with Gasteiger partial charge in [0.1, 0.15) is 0 Å². The van der Waals surface area contributed by atoms with Crippen LogP contribution in [-0.2, 0) is 21.3 Å². The first-order valence-corrected chi connectivity index (χ1v) is 8.65. The molecule has 1 aromatic carbocycles. The zero-order chi connectivity index (χ0) is 16.0. The third-order valence-corrected chi connectivity index (χ3v) is 4.88. The molecule has 1 fully saturated rings. The van der Waals surface area contributed by atoms with E-state index in [0.717, 1.165) is 18.4 Å². The van der Waals surface area contributed by atoms with Crippen LogP contribution in [0.4, 0.5) is 4.79 Å². The molecule has 1 aromatic rings. The van der Waals surface area contributed by atoms with Gasteiger partial charge in [-0.25, -0.2) is 17.9 Å². The second kappa shape index (κ2) is 7.57. The molecule has 1 unspecified atom stereocenters. The maximum absolute atomic E-state index is 12.2. The van der Waals surface area contributed by atoms with E-state index in [1.807, 2.05) is 0 Å². The Kier molecular flexibility index (Phi) is 5.76. The molecule has 0 radical (unpaired) electrons. The van der Waals surface area contributed by atoms with E-state index in [1.165, 1.54) is 19.2 Å². The largest absolute Gasteiger partial charge is 0.377 e. The van der Waals surface area contributed by atoms with Crippen LogP contribution in [0.2, 0.25) is 0 Å². The molecule has 2 rings (SSSR count). The molecule has 0 aromatic heterocycles. The summed E-state index contributed by atoms with van der Waals surface area (Å²) < 4.78 is 32.3. The normalized spacial score (nSPS) is 18.1. The van der Waals surface area contributed by atoms with Crippen molar-refractivity contribution < 1.29 is 17.9 Å². The lowest BCUT2D eigenvalue weighted by Gasteiger charge is -2.12. The van der Waals surface area contributed by atoms with Crippen LogP contribution in [-0.4, -0.2) is 40.8 Å². The van der Waals surface area contributed by atoms with Gasteiger partial charge in [-0.1, -0.05) is 12.1 Å². The van der Waals surface area contributed by atoms with E-state index in [4.69, 9.17) is 4.74 Å². The van der Waals surface area contributed by atoms with Crippen molar-refractivity contribution >= 4 is 16.1 Å². The zero-order valence-corrected chi connectivity index (χ0v) is 13.3. The maximum atomic E-state index is 12.2. The van der Waals surface area contributed by atoms with Crippen molar-refractivity contribution in [1.82, 2.24) is 15.4 Å². The van der Waals surface area contributed by atoms with E-state index in [9.17, 15) is 13.2 Å². The van der Waals surface area contributed by atoms with Crippen LogP contribution in [0.1, 0.15) is 18.4 Å². The fourth-order valence-corrected chi connectivity index (χ4v) is 3.21. The van der Waals surface area contributed by atoms with Gasteiger partial charge in [0.15, 0.2) is 0 Å². The minimum Gasteiger partial charge on any atom is -0.377 e. The van der Waals surface area contributed by atoms with Gasteiger partial charge in [-0.05, 0) is 30.5 Å². The summed E-state index contributed by atoms with van der Waals surface area (Å²) in [6, 6.07) is 6.12. The number of rotatable bonds is 6. The number of carbonyl (C=O) groups is 1. The molecule has 3 N–H and O–H groups in total. The van der Waals surface area contributed by atoms with Gasteiger partial charge in [0.25, 0.3) is 0 Å². The Balaban J connectivity index is 1.91. The van der Waals surface area contributed by atoms with Crippen molar-refractivity contribution in [2.24, 2.45) is 0 Å². The Hall–Kier alpha value is -1.64. The summed E-state index contributed by atoms with van der Waals surface area (Å²) >= 11 is 0. The monoisotopic (exact) mass is 327 g/mol. The number of nitrogens with one attached hydrogen (secondary N) is 3. The topological polar surface area (TPSA) is 96.5 Å². The fraction of sp³-hybridized carbons (Fsp3) is 0.500. The molecule has 7 nitrogen and oxygen atoms in total. The molecule has 1 aliphatic heterocycles. The van der Waals surface area contributed by atoms with Crippen molar-refractivity contribution in [3.63, 3.8) is 0 Å². The molecule has 0 spiro atoms. The summed E-state index contributed by atoms with van der Waals surface area (Å²) in [6.07, 6.45) is 1.82. The highest BCUT2D eigenvalue weighted by molar-refractivity contribution is 7.89. The number of amides is 2. The molecule has 2 amide bonds. The van der Waals surface area contributed by atoms with Crippen LogP contribution < -0.4 is 15.4 Å². The van der Waals surface area contributed by atoms with Gasteiger partial charge in [0, 0.05) is 26.7 Å². The molecule has 8 heteroatoms. The predicted octanol–water partition coefficient (Wildman–Crippen LogP) is 0.573. The Bertz CT molecular complexity index is 595. The quantitative estimate of drug-likeness (QED) is 0.712.